The standard InChI is InChI=1S/C22H28FN3OS/c1-16-6-9-18(14-20(16)23)25-22(28)24-15-21(26-12-4-3-5-13-26)17-7-10-19(27-2)11-8-17/h6-11,14,21H,3-5,12-13,15H2,1-2H3,(H2,24,25,28)/t21-/m1/s1. The van der Waals surface area contributed by atoms with Gasteiger partial charge < -0.3 is 15.4 Å². The second-order valence-electron chi connectivity index (χ2n) is 7.18. The minimum Gasteiger partial charge on any atom is -0.497 e. The molecule has 0 unspecified atom stereocenters. The average molecular weight is 402 g/mol. The van der Waals surface area contributed by atoms with E-state index in [0.717, 1.165) is 18.8 Å². The van der Waals surface area contributed by atoms with Crippen molar-refractivity contribution in [3.05, 3.63) is 59.4 Å². The van der Waals surface area contributed by atoms with E-state index in [4.69, 9.17) is 17.0 Å². The zero-order valence-electron chi connectivity index (χ0n) is 16.5. The first-order valence-corrected chi connectivity index (χ1v) is 10.2. The molecule has 0 bridgehead atoms. The largest absolute Gasteiger partial charge is 0.497 e. The summed E-state index contributed by atoms with van der Waals surface area (Å²) in [5.74, 6) is 0.616. The second-order valence-corrected chi connectivity index (χ2v) is 7.59. The molecule has 0 aliphatic carbocycles. The number of rotatable bonds is 6. The zero-order chi connectivity index (χ0) is 19.9. The van der Waals surface area contributed by atoms with Crippen LogP contribution in [0.2, 0.25) is 0 Å². The monoisotopic (exact) mass is 401 g/mol. The third-order valence-corrected chi connectivity index (χ3v) is 5.46. The van der Waals surface area contributed by atoms with Crippen molar-refractivity contribution in [2.24, 2.45) is 0 Å². The maximum absolute atomic E-state index is 13.7. The maximum Gasteiger partial charge on any atom is 0.170 e. The molecule has 1 heterocycles. The fraction of sp³-hybridized carbons (Fsp3) is 0.409. The highest BCUT2D eigenvalue weighted by Crippen LogP contribution is 2.26. The van der Waals surface area contributed by atoms with Crippen LogP contribution in [0.15, 0.2) is 42.5 Å². The summed E-state index contributed by atoms with van der Waals surface area (Å²) in [5.41, 5.74) is 2.51. The van der Waals surface area contributed by atoms with Gasteiger partial charge in [-0.2, -0.15) is 0 Å². The number of hydrogen-bond acceptors (Lipinski definition) is 3. The summed E-state index contributed by atoms with van der Waals surface area (Å²) in [6.07, 6.45) is 3.73. The molecule has 0 spiro atoms. The average Bonchev–Trinajstić information content (AvgIpc) is 2.72. The number of ether oxygens (including phenoxy) is 1. The van der Waals surface area contributed by atoms with Crippen molar-refractivity contribution in [1.82, 2.24) is 10.2 Å². The highest BCUT2D eigenvalue weighted by molar-refractivity contribution is 7.80. The Bertz CT molecular complexity index is 791. The van der Waals surface area contributed by atoms with Crippen molar-refractivity contribution in [3.8, 4) is 5.75 Å². The molecule has 0 aromatic heterocycles. The van der Waals surface area contributed by atoms with Crippen LogP contribution in [-0.4, -0.2) is 36.8 Å². The van der Waals surface area contributed by atoms with E-state index in [1.807, 2.05) is 18.2 Å². The summed E-state index contributed by atoms with van der Waals surface area (Å²) in [5, 5.41) is 6.89. The van der Waals surface area contributed by atoms with Crippen molar-refractivity contribution < 1.29 is 9.13 Å². The van der Waals surface area contributed by atoms with Crippen LogP contribution in [0.5, 0.6) is 5.75 Å². The highest BCUT2D eigenvalue weighted by Gasteiger charge is 2.22. The maximum atomic E-state index is 13.7. The van der Waals surface area contributed by atoms with Gasteiger partial charge in [0.15, 0.2) is 5.11 Å². The van der Waals surface area contributed by atoms with Gasteiger partial charge in [0.2, 0.25) is 0 Å². The predicted octanol–water partition coefficient (Wildman–Crippen LogP) is 4.66. The van der Waals surface area contributed by atoms with Crippen LogP contribution < -0.4 is 15.4 Å². The van der Waals surface area contributed by atoms with Gasteiger partial charge in [0, 0.05) is 12.2 Å². The molecule has 1 fully saturated rings. The van der Waals surface area contributed by atoms with Gasteiger partial charge in [0.1, 0.15) is 11.6 Å². The van der Waals surface area contributed by atoms with E-state index in [1.54, 1.807) is 20.1 Å². The SMILES string of the molecule is COc1ccc([C@@H](CNC(=S)Nc2ccc(C)c(F)c2)N2CCCCC2)cc1. The molecule has 2 aromatic carbocycles. The van der Waals surface area contributed by atoms with Crippen LogP contribution in [0.1, 0.15) is 36.4 Å². The molecular formula is C22H28FN3OS. The second kappa shape index (κ2) is 9.85. The number of anilines is 1. The summed E-state index contributed by atoms with van der Waals surface area (Å²) < 4.78 is 19.0. The molecule has 1 atom stereocenters. The Balaban J connectivity index is 1.66. The van der Waals surface area contributed by atoms with Crippen LogP contribution in [0.25, 0.3) is 0 Å². The first-order chi connectivity index (χ1) is 13.6. The lowest BCUT2D eigenvalue weighted by atomic mass is 10.0. The minimum absolute atomic E-state index is 0.223. The van der Waals surface area contributed by atoms with E-state index in [9.17, 15) is 4.39 Å². The molecule has 28 heavy (non-hydrogen) atoms. The lowest BCUT2D eigenvalue weighted by molar-refractivity contribution is 0.164. The molecule has 3 rings (SSSR count). The van der Waals surface area contributed by atoms with Gasteiger partial charge in [-0.3, -0.25) is 4.90 Å². The first-order valence-electron chi connectivity index (χ1n) is 9.76. The van der Waals surface area contributed by atoms with E-state index in [2.05, 4.69) is 27.7 Å². The third-order valence-electron chi connectivity index (χ3n) is 5.22. The summed E-state index contributed by atoms with van der Waals surface area (Å²) in [4.78, 5) is 2.51. The van der Waals surface area contributed by atoms with E-state index >= 15 is 0 Å². The fourth-order valence-electron chi connectivity index (χ4n) is 3.55. The van der Waals surface area contributed by atoms with Gasteiger partial charge in [-0.25, -0.2) is 4.39 Å². The molecule has 6 heteroatoms. The van der Waals surface area contributed by atoms with Crippen LogP contribution >= 0.6 is 12.2 Å². The van der Waals surface area contributed by atoms with E-state index < -0.39 is 0 Å². The number of thiocarbonyl (C=S) groups is 1. The number of aryl methyl sites for hydroxylation is 1. The number of piperidine rings is 1. The van der Waals surface area contributed by atoms with Crippen molar-refractivity contribution in [3.63, 3.8) is 0 Å². The Kier molecular flexibility index (Phi) is 7.23. The molecule has 1 aliphatic rings. The summed E-state index contributed by atoms with van der Waals surface area (Å²) >= 11 is 5.44. The number of benzene rings is 2. The van der Waals surface area contributed by atoms with Crippen molar-refractivity contribution >= 4 is 23.0 Å². The van der Waals surface area contributed by atoms with Gasteiger partial charge in [-0.05, 0) is 80.5 Å². The Hall–Kier alpha value is -2.18. The normalized spacial score (nSPS) is 15.7. The highest BCUT2D eigenvalue weighted by atomic mass is 32.1. The molecule has 0 amide bonds. The van der Waals surface area contributed by atoms with Crippen LogP contribution in [0.3, 0.4) is 0 Å². The smallest absolute Gasteiger partial charge is 0.170 e. The molecule has 0 radical (unpaired) electrons. The summed E-state index contributed by atoms with van der Waals surface area (Å²) in [6.45, 7) is 4.60. The number of hydrogen-bond donors (Lipinski definition) is 2. The molecule has 2 aromatic rings. The number of nitrogens with one attached hydrogen (secondary N) is 2. The molecule has 0 saturated carbocycles. The first kappa shape index (κ1) is 20.6. The Morgan fingerprint density at radius 2 is 1.86 bits per heavy atom. The van der Waals surface area contributed by atoms with Crippen LogP contribution in [-0.2, 0) is 0 Å². The van der Waals surface area contributed by atoms with Crippen molar-refractivity contribution in [1.29, 1.82) is 0 Å². The predicted molar refractivity (Wildman–Crippen MR) is 117 cm³/mol. The molecule has 150 valence electrons. The fourth-order valence-corrected chi connectivity index (χ4v) is 3.75. The molecule has 4 nitrogen and oxygen atoms in total. The van der Waals surface area contributed by atoms with Crippen molar-refractivity contribution in [2.45, 2.75) is 32.2 Å². The number of nitrogens with zero attached hydrogens (tertiary/aromatic N) is 1. The Morgan fingerprint density at radius 3 is 2.50 bits per heavy atom. The number of halogens is 1. The van der Waals surface area contributed by atoms with Crippen LogP contribution in [0.4, 0.5) is 10.1 Å². The number of likely N-dealkylation sites (tertiary alicyclic amines) is 1. The Morgan fingerprint density at radius 1 is 1.14 bits per heavy atom. The molecule has 1 aliphatic heterocycles. The van der Waals surface area contributed by atoms with Gasteiger partial charge >= 0.3 is 0 Å². The van der Waals surface area contributed by atoms with Crippen LogP contribution in [0, 0.1) is 12.7 Å². The molecule has 2 N–H and O–H groups in total. The van der Waals surface area contributed by atoms with Crippen molar-refractivity contribution in [2.75, 3.05) is 32.1 Å². The molecule has 1 saturated heterocycles. The quantitative estimate of drug-likeness (QED) is 0.689. The van der Waals surface area contributed by atoms with Gasteiger partial charge in [0.25, 0.3) is 0 Å². The lowest BCUT2D eigenvalue weighted by Gasteiger charge is -2.35. The summed E-state index contributed by atoms with van der Waals surface area (Å²) in [7, 11) is 1.68. The van der Waals surface area contributed by atoms with E-state index in [1.165, 1.54) is 30.9 Å². The summed E-state index contributed by atoms with van der Waals surface area (Å²) in [6, 6.07) is 13.5. The molecular weight excluding hydrogens is 373 g/mol. The van der Waals surface area contributed by atoms with Gasteiger partial charge in [0.05, 0.1) is 13.2 Å². The number of methoxy groups -OCH3 is 1. The Labute approximate surface area is 172 Å². The van der Waals surface area contributed by atoms with Gasteiger partial charge in [-0.1, -0.05) is 24.6 Å². The van der Waals surface area contributed by atoms with E-state index in [0.29, 0.717) is 22.9 Å². The van der Waals surface area contributed by atoms with Gasteiger partial charge in [-0.15, -0.1) is 0 Å². The third kappa shape index (κ3) is 5.42. The minimum atomic E-state index is -0.239. The lowest BCUT2D eigenvalue weighted by Crippen LogP contribution is -2.41. The topological polar surface area (TPSA) is 36.5 Å². The van der Waals surface area contributed by atoms with E-state index in [-0.39, 0.29) is 11.9 Å². The zero-order valence-corrected chi connectivity index (χ0v) is 17.3.